The Morgan fingerprint density at radius 2 is 1.68 bits per heavy atom. The zero-order valence-corrected chi connectivity index (χ0v) is 29.6. The van der Waals surface area contributed by atoms with Gasteiger partial charge in [0.1, 0.15) is 6.54 Å². The van der Waals surface area contributed by atoms with Crippen molar-refractivity contribution in [3.63, 3.8) is 0 Å². The Labute approximate surface area is 320 Å². The lowest BCUT2D eigenvalue weighted by molar-refractivity contribution is -0.137. The van der Waals surface area contributed by atoms with Crippen molar-refractivity contribution in [2.45, 2.75) is 55.9 Å². The van der Waals surface area contributed by atoms with Gasteiger partial charge in [0, 0.05) is 64.8 Å². The Morgan fingerprint density at radius 1 is 1.00 bits per heavy atom. The molecule has 6 rings (SSSR count). The molecule has 4 aromatic carbocycles. The quantitative estimate of drug-likeness (QED) is 0.0942. The fourth-order valence-electron chi connectivity index (χ4n) is 6.16. The highest BCUT2D eigenvalue weighted by Gasteiger charge is 2.31. The van der Waals surface area contributed by atoms with Gasteiger partial charge < -0.3 is 19.1 Å². The van der Waals surface area contributed by atoms with E-state index in [1.54, 1.807) is 24.3 Å². The minimum atomic E-state index is -4.51. The summed E-state index contributed by atoms with van der Waals surface area (Å²) in [5, 5.41) is -0.567. The maximum absolute atomic E-state index is 14.8. The summed E-state index contributed by atoms with van der Waals surface area (Å²) in [7, 11) is 1.05. The number of thioether (sulfide) groups is 1. The number of piperidine rings is 1. The fourth-order valence-corrected chi connectivity index (χ4v) is 7.15. The SMILES string of the molecule is [2H]c1c(C)c([2H])c2c(=O)c([2H])c(SCc3cccc(F)c3F)n(CC(=O)N(Cc3ccc(-c4ccc(C(F)(F)F)cc4)cc3)C3CCN(C([2H])([2H])C([2H])([2H])OC)CC3)c2c1[2H]. The summed E-state index contributed by atoms with van der Waals surface area (Å²) in [6.07, 6.45) is -4.20. The van der Waals surface area contributed by atoms with Gasteiger partial charge >= 0.3 is 6.18 Å². The predicted octanol–water partition coefficient (Wildman–Crippen LogP) is 8.71. The van der Waals surface area contributed by atoms with Gasteiger partial charge in [-0.3, -0.25) is 9.59 Å². The second-order valence-electron chi connectivity index (χ2n) is 12.5. The van der Waals surface area contributed by atoms with Crippen molar-refractivity contribution < 1.29 is 42.4 Å². The number of likely N-dealkylation sites (tertiary alicyclic amines) is 1. The second-order valence-corrected chi connectivity index (χ2v) is 13.5. The van der Waals surface area contributed by atoms with Crippen LogP contribution in [0.3, 0.4) is 0 Å². The Hall–Kier alpha value is -4.52. The molecule has 6 nitrogen and oxygen atoms in total. The number of hydrogen-bond donors (Lipinski definition) is 0. The van der Waals surface area contributed by atoms with Gasteiger partial charge in [0.15, 0.2) is 17.1 Å². The van der Waals surface area contributed by atoms with Gasteiger partial charge in [-0.1, -0.05) is 60.1 Å². The third-order valence-corrected chi connectivity index (χ3v) is 10.0. The standard InChI is InChI=1S/C41H40F5N3O3S/c1-27-6-15-36-34(22-27)37(50)23-39(53-26-31-4-3-5-35(42)40(31)43)49(36)25-38(51)48(33-16-18-47(19-17-33)20-21-52-2)24-28-7-9-29(10-8-28)30-11-13-32(14-12-30)41(44,45)46/h3-15,22-23,33H,16-21,24-26H2,1-2H3/i6D,15D,20D2,21D2,22D,23D. The van der Waals surface area contributed by atoms with Gasteiger partial charge in [0.25, 0.3) is 0 Å². The van der Waals surface area contributed by atoms with Crippen LogP contribution in [0, 0.1) is 18.6 Å². The number of halogens is 5. The molecule has 1 aliphatic rings. The molecule has 0 unspecified atom stereocenters. The number of benzene rings is 4. The molecule has 12 heteroatoms. The summed E-state index contributed by atoms with van der Waals surface area (Å²) in [6, 6.07) is 12.3. The number of pyridine rings is 1. The first kappa shape index (κ1) is 28.9. The largest absolute Gasteiger partial charge is 0.416 e. The topological polar surface area (TPSA) is 54.8 Å². The number of carbonyl (C=O) groups excluding carboxylic acids is 1. The molecule has 0 atom stereocenters. The maximum Gasteiger partial charge on any atom is 0.416 e. The van der Waals surface area contributed by atoms with Crippen LogP contribution in [0.4, 0.5) is 22.0 Å². The summed E-state index contributed by atoms with van der Waals surface area (Å²) in [5.41, 5.74) is -0.466. The summed E-state index contributed by atoms with van der Waals surface area (Å²) in [5.74, 6) is -3.21. The van der Waals surface area contributed by atoms with E-state index in [1.807, 2.05) is 0 Å². The Kier molecular flexibility index (Phi) is 9.09. The Morgan fingerprint density at radius 3 is 2.34 bits per heavy atom. The normalized spacial score (nSPS) is 16.9. The van der Waals surface area contributed by atoms with E-state index in [9.17, 15) is 31.5 Å². The first-order valence-corrected chi connectivity index (χ1v) is 17.6. The molecule has 5 aromatic rings. The molecule has 1 aromatic heterocycles. The third-order valence-electron chi connectivity index (χ3n) is 8.95. The molecule has 1 saturated heterocycles. The van der Waals surface area contributed by atoms with Crippen LogP contribution in [0.1, 0.15) is 46.1 Å². The van der Waals surface area contributed by atoms with Crippen LogP contribution in [0.5, 0.6) is 0 Å². The van der Waals surface area contributed by atoms with Crippen LogP contribution in [0.2, 0.25) is 0 Å². The van der Waals surface area contributed by atoms with Crippen molar-refractivity contribution in [3.05, 3.63) is 135 Å². The Balaban J connectivity index is 1.41. The van der Waals surface area contributed by atoms with Crippen molar-refractivity contribution in [3.8, 4) is 11.1 Å². The van der Waals surface area contributed by atoms with Crippen molar-refractivity contribution in [1.82, 2.24) is 14.4 Å². The molecule has 0 saturated carbocycles. The highest BCUT2D eigenvalue weighted by atomic mass is 32.2. The first-order chi connectivity index (χ1) is 28.6. The summed E-state index contributed by atoms with van der Waals surface area (Å²) in [4.78, 5) is 31.4. The highest BCUT2D eigenvalue weighted by molar-refractivity contribution is 7.98. The van der Waals surface area contributed by atoms with E-state index in [4.69, 9.17) is 15.7 Å². The first-order valence-electron chi connectivity index (χ1n) is 20.6. The molecule has 2 heterocycles. The van der Waals surface area contributed by atoms with Crippen LogP contribution in [0.25, 0.3) is 22.0 Å². The molecule has 0 N–H and O–H groups in total. The van der Waals surface area contributed by atoms with E-state index in [0.29, 0.717) is 16.7 Å². The third kappa shape index (κ3) is 9.17. The average Bonchev–Trinajstić information content (AvgIpc) is 3.23. The van der Waals surface area contributed by atoms with Crippen LogP contribution >= 0.6 is 11.8 Å². The van der Waals surface area contributed by atoms with Crippen molar-refractivity contribution in [1.29, 1.82) is 0 Å². The summed E-state index contributed by atoms with van der Waals surface area (Å²) < 4.78 is 143. The lowest BCUT2D eigenvalue weighted by atomic mass is 10.00. The van der Waals surface area contributed by atoms with Gasteiger partial charge in [-0.2, -0.15) is 13.2 Å². The molecule has 0 radical (unpaired) electrons. The van der Waals surface area contributed by atoms with Gasteiger partial charge in [0.05, 0.1) is 30.9 Å². The smallest absolute Gasteiger partial charge is 0.383 e. The predicted molar refractivity (Wildman–Crippen MR) is 198 cm³/mol. The molecule has 1 aliphatic heterocycles. The number of aromatic nitrogens is 1. The number of methoxy groups -OCH3 is 1. The second kappa shape index (κ2) is 16.7. The monoisotopic (exact) mass is 757 g/mol. The zero-order valence-electron chi connectivity index (χ0n) is 36.7. The van der Waals surface area contributed by atoms with Gasteiger partial charge in [-0.15, -0.1) is 11.8 Å². The van der Waals surface area contributed by atoms with Crippen LogP contribution < -0.4 is 5.43 Å². The van der Waals surface area contributed by atoms with Gasteiger partial charge in [0.2, 0.25) is 5.91 Å². The number of amides is 1. The minimum absolute atomic E-state index is 0.0000432. The average molecular weight is 758 g/mol. The maximum atomic E-state index is 14.8. The van der Waals surface area contributed by atoms with E-state index < -0.39 is 84.5 Å². The number of carbonyl (C=O) groups is 1. The summed E-state index contributed by atoms with van der Waals surface area (Å²) >= 11 is 0.740. The van der Waals surface area contributed by atoms with Crippen molar-refractivity contribution >= 4 is 28.6 Å². The zero-order chi connectivity index (χ0) is 44.8. The van der Waals surface area contributed by atoms with Crippen LogP contribution in [0.15, 0.2) is 101 Å². The molecule has 0 bridgehead atoms. The number of alkyl halides is 3. The van der Waals surface area contributed by atoms with E-state index >= 15 is 0 Å². The van der Waals surface area contributed by atoms with Gasteiger partial charge in [-0.05, 0) is 66.7 Å². The van der Waals surface area contributed by atoms with E-state index in [1.165, 1.54) is 45.6 Å². The van der Waals surface area contributed by atoms with E-state index in [-0.39, 0.29) is 65.3 Å². The molecular weight excluding hydrogens is 710 g/mol. The lowest BCUT2D eigenvalue weighted by Crippen LogP contribution is -2.48. The van der Waals surface area contributed by atoms with Gasteiger partial charge in [-0.25, -0.2) is 8.78 Å². The number of nitrogens with zero attached hydrogens (tertiary/aromatic N) is 3. The van der Waals surface area contributed by atoms with Crippen molar-refractivity contribution in [2.24, 2.45) is 0 Å². The van der Waals surface area contributed by atoms with Crippen molar-refractivity contribution in [2.75, 3.05) is 33.3 Å². The molecule has 0 spiro atoms. The summed E-state index contributed by atoms with van der Waals surface area (Å²) in [6.45, 7) is -4.56. The van der Waals surface area contributed by atoms with Crippen LogP contribution in [-0.4, -0.2) is 59.6 Å². The number of hydrogen-bond acceptors (Lipinski definition) is 5. The molecular formula is C41H40F5N3O3S. The molecule has 1 amide bonds. The fraction of sp³-hybridized carbons (Fsp3) is 0.317. The molecule has 0 aliphatic carbocycles. The molecule has 53 heavy (non-hydrogen) atoms. The number of rotatable bonds is 12. The van der Waals surface area contributed by atoms with Crippen LogP contribution in [-0.2, 0) is 34.6 Å². The molecule has 1 fully saturated rings. The number of fused-ring (bicyclic) bond motifs is 1. The molecule has 278 valence electrons. The minimum Gasteiger partial charge on any atom is -0.383 e. The lowest BCUT2D eigenvalue weighted by Gasteiger charge is -2.39. The van der Waals surface area contributed by atoms with E-state index in [2.05, 4.69) is 0 Å². The Bertz CT molecular complexity index is 2520. The number of ether oxygens (including phenoxy) is 1. The highest BCUT2D eigenvalue weighted by Crippen LogP contribution is 2.32. The van der Waals surface area contributed by atoms with E-state index in [0.717, 1.165) is 37.1 Å².